The Morgan fingerprint density at radius 3 is 1.89 bits per heavy atom. The Balaban J connectivity index is 1.87. The lowest BCUT2D eigenvalue weighted by atomic mass is 9.94. The van der Waals surface area contributed by atoms with Crippen LogP contribution in [0.4, 0.5) is 0 Å². The third kappa shape index (κ3) is 5.97. The Morgan fingerprint density at radius 2 is 1.31 bits per heavy atom. The van der Waals surface area contributed by atoms with Gasteiger partial charge in [-0.1, -0.05) is 0 Å². The maximum atomic E-state index is 12.0. The normalized spacial score (nSPS) is 50.0. The SMILES string of the molecule is CC(=O)N[C@H]1[C@H](O[C@@H]2C(O)O[C@H](CO)[C@@H](O)[C@@H]2O)O[C@H](CO)[C@@H](O)[C@@H]1O[C@@H]1O[C@@H](C)[C@@H](O)[C@@H](O)[C@@H]1O. The van der Waals surface area contributed by atoms with Gasteiger partial charge in [-0.05, 0) is 6.92 Å². The summed E-state index contributed by atoms with van der Waals surface area (Å²) < 4.78 is 27.3. The van der Waals surface area contributed by atoms with Gasteiger partial charge in [0.25, 0.3) is 0 Å². The molecule has 16 heteroatoms. The first-order valence-electron chi connectivity index (χ1n) is 11.4. The molecule has 1 unspecified atom stereocenters. The first-order valence-corrected chi connectivity index (χ1v) is 11.4. The van der Waals surface area contributed by atoms with E-state index in [1.54, 1.807) is 0 Å². The van der Waals surface area contributed by atoms with Crippen molar-refractivity contribution in [2.24, 2.45) is 0 Å². The van der Waals surface area contributed by atoms with E-state index in [9.17, 15) is 50.8 Å². The Labute approximate surface area is 205 Å². The zero-order valence-electron chi connectivity index (χ0n) is 19.5. The van der Waals surface area contributed by atoms with Crippen LogP contribution >= 0.6 is 0 Å². The Bertz CT molecular complexity index is 731. The van der Waals surface area contributed by atoms with Crippen LogP contribution in [0.1, 0.15) is 13.8 Å². The van der Waals surface area contributed by atoms with Gasteiger partial charge >= 0.3 is 0 Å². The zero-order chi connectivity index (χ0) is 26.9. The van der Waals surface area contributed by atoms with Gasteiger partial charge in [-0.15, -0.1) is 0 Å². The lowest BCUT2D eigenvalue weighted by Gasteiger charge is -2.49. The van der Waals surface area contributed by atoms with E-state index in [0.29, 0.717) is 0 Å². The summed E-state index contributed by atoms with van der Waals surface area (Å²) in [7, 11) is 0. The average molecular weight is 529 g/mol. The van der Waals surface area contributed by atoms with Gasteiger partial charge in [-0.25, -0.2) is 0 Å². The summed E-state index contributed by atoms with van der Waals surface area (Å²) in [5, 5.41) is 93.4. The lowest BCUT2D eigenvalue weighted by molar-refractivity contribution is -0.366. The van der Waals surface area contributed by atoms with Gasteiger partial charge in [-0.2, -0.15) is 0 Å². The van der Waals surface area contributed by atoms with E-state index in [-0.39, 0.29) is 0 Å². The average Bonchev–Trinajstić information content (AvgIpc) is 2.83. The quantitative estimate of drug-likeness (QED) is 0.147. The molecule has 3 aliphatic heterocycles. The second-order valence-corrected chi connectivity index (χ2v) is 9.05. The molecule has 0 bridgehead atoms. The number of nitrogens with one attached hydrogen (secondary N) is 1. The molecule has 0 spiro atoms. The smallest absolute Gasteiger partial charge is 0.217 e. The molecule has 0 saturated carbocycles. The highest BCUT2D eigenvalue weighted by atomic mass is 16.7. The van der Waals surface area contributed by atoms with Crippen molar-refractivity contribution in [2.45, 2.75) is 106 Å². The summed E-state index contributed by atoms with van der Waals surface area (Å²) >= 11 is 0. The summed E-state index contributed by atoms with van der Waals surface area (Å²) in [6.07, 6.45) is -22.0. The van der Waals surface area contributed by atoms with Gasteiger partial charge in [0, 0.05) is 6.92 Å². The van der Waals surface area contributed by atoms with Crippen LogP contribution in [-0.2, 0) is 28.5 Å². The number of aliphatic hydroxyl groups is 9. The summed E-state index contributed by atoms with van der Waals surface area (Å²) in [6.45, 7) is 1.03. The van der Waals surface area contributed by atoms with Crippen LogP contribution in [0.3, 0.4) is 0 Å². The third-order valence-electron chi connectivity index (χ3n) is 6.46. The van der Waals surface area contributed by atoms with E-state index in [4.69, 9.17) is 23.7 Å². The maximum Gasteiger partial charge on any atom is 0.217 e. The van der Waals surface area contributed by atoms with E-state index >= 15 is 0 Å². The molecular formula is C20H35NO15. The van der Waals surface area contributed by atoms with Gasteiger partial charge in [0.15, 0.2) is 18.9 Å². The molecule has 3 rings (SSSR count). The van der Waals surface area contributed by atoms with Gasteiger partial charge < -0.3 is 75.0 Å². The molecule has 210 valence electrons. The van der Waals surface area contributed by atoms with Crippen LogP contribution in [0.15, 0.2) is 0 Å². The van der Waals surface area contributed by atoms with Crippen LogP contribution in [0.5, 0.6) is 0 Å². The van der Waals surface area contributed by atoms with Crippen LogP contribution in [0.2, 0.25) is 0 Å². The fraction of sp³-hybridized carbons (Fsp3) is 0.950. The predicted molar refractivity (Wildman–Crippen MR) is 111 cm³/mol. The van der Waals surface area contributed by atoms with Gasteiger partial charge in [-0.3, -0.25) is 4.79 Å². The van der Waals surface area contributed by atoms with E-state index in [1.165, 1.54) is 6.92 Å². The molecule has 16 nitrogen and oxygen atoms in total. The highest BCUT2D eigenvalue weighted by Crippen LogP contribution is 2.32. The largest absolute Gasteiger partial charge is 0.394 e. The highest BCUT2D eigenvalue weighted by molar-refractivity contribution is 5.73. The van der Waals surface area contributed by atoms with Gasteiger partial charge in [0.1, 0.15) is 67.1 Å². The molecule has 3 fully saturated rings. The Morgan fingerprint density at radius 1 is 0.722 bits per heavy atom. The molecule has 36 heavy (non-hydrogen) atoms. The molecule has 3 heterocycles. The third-order valence-corrected chi connectivity index (χ3v) is 6.46. The molecule has 1 amide bonds. The summed E-state index contributed by atoms with van der Waals surface area (Å²) in [5.74, 6) is -0.657. The van der Waals surface area contributed by atoms with Crippen molar-refractivity contribution in [3.05, 3.63) is 0 Å². The number of carbonyl (C=O) groups is 1. The molecule has 0 aliphatic carbocycles. The second-order valence-electron chi connectivity index (χ2n) is 9.05. The number of carbonyl (C=O) groups excluding carboxylic acids is 1. The summed E-state index contributed by atoms with van der Waals surface area (Å²) in [5.41, 5.74) is 0. The topological polar surface area (TPSA) is 257 Å². The summed E-state index contributed by atoms with van der Waals surface area (Å²) in [4.78, 5) is 12.0. The number of ether oxygens (including phenoxy) is 5. The standard InChI is InChI=1S/C20H35NO15/c1-5-10(25)13(28)15(30)20(32-5)35-16-9(21-6(2)24)19(34-8(4-23)12(16)27)36-17-14(29)11(26)7(3-22)33-18(17)31/h5,7-20,22-23,25-31H,3-4H2,1-2H3,(H,21,24)/t5-,7+,8+,9+,10+,11+,12+,13+,14-,15-,16+,17-,18?,19-,20-/m0/s1. The van der Waals surface area contributed by atoms with Crippen molar-refractivity contribution in [2.75, 3.05) is 13.2 Å². The van der Waals surface area contributed by atoms with Gasteiger partial charge in [0.05, 0.1) is 19.3 Å². The monoisotopic (exact) mass is 529 g/mol. The Hall–Kier alpha value is -1.09. The molecular weight excluding hydrogens is 494 g/mol. The van der Waals surface area contributed by atoms with Crippen LogP contribution in [0, 0.1) is 0 Å². The maximum absolute atomic E-state index is 12.0. The minimum absolute atomic E-state index is 0.657. The number of aliphatic hydroxyl groups excluding tert-OH is 9. The van der Waals surface area contributed by atoms with E-state index in [2.05, 4.69) is 5.32 Å². The van der Waals surface area contributed by atoms with Crippen molar-refractivity contribution in [1.82, 2.24) is 5.32 Å². The molecule has 0 aromatic rings. The minimum Gasteiger partial charge on any atom is -0.394 e. The molecule has 0 radical (unpaired) electrons. The zero-order valence-corrected chi connectivity index (χ0v) is 19.5. The molecule has 3 saturated heterocycles. The number of hydrogen-bond acceptors (Lipinski definition) is 15. The number of rotatable bonds is 7. The highest BCUT2D eigenvalue weighted by Gasteiger charge is 2.53. The predicted octanol–water partition coefficient (Wildman–Crippen LogP) is -6.40. The lowest BCUT2D eigenvalue weighted by Crippen LogP contribution is -2.69. The van der Waals surface area contributed by atoms with E-state index < -0.39 is 111 Å². The first kappa shape index (κ1) is 29.5. The van der Waals surface area contributed by atoms with Gasteiger partial charge in [0.2, 0.25) is 5.91 Å². The number of hydrogen-bond donors (Lipinski definition) is 10. The second kappa shape index (κ2) is 12.2. The fourth-order valence-corrected chi connectivity index (χ4v) is 4.39. The number of amides is 1. The molecule has 15 atom stereocenters. The Kier molecular flexibility index (Phi) is 9.97. The van der Waals surface area contributed by atoms with Crippen LogP contribution < -0.4 is 5.32 Å². The van der Waals surface area contributed by atoms with Crippen LogP contribution in [0.25, 0.3) is 0 Å². The summed E-state index contributed by atoms with van der Waals surface area (Å²) in [6, 6.07) is -1.41. The molecule has 10 N–H and O–H groups in total. The van der Waals surface area contributed by atoms with Crippen molar-refractivity contribution in [3.8, 4) is 0 Å². The minimum atomic E-state index is -1.86. The van der Waals surface area contributed by atoms with Crippen molar-refractivity contribution in [1.29, 1.82) is 0 Å². The molecule has 0 aromatic carbocycles. The molecule has 3 aliphatic rings. The molecule has 0 aromatic heterocycles. The van der Waals surface area contributed by atoms with Crippen molar-refractivity contribution in [3.63, 3.8) is 0 Å². The van der Waals surface area contributed by atoms with E-state index in [1.807, 2.05) is 0 Å². The first-order chi connectivity index (χ1) is 16.9. The fourth-order valence-electron chi connectivity index (χ4n) is 4.39. The van der Waals surface area contributed by atoms with Crippen LogP contribution in [-0.4, -0.2) is 157 Å². The van der Waals surface area contributed by atoms with Crippen molar-refractivity contribution >= 4 is 5.91 Å². The van der Waals surface area contributed by atoms with E-state index in [0.717, 1.165) is 6.92 Å². The van der Waals surface area contributed by atoms with Crippen molar-refractivity contribution < 1.29 is 74.4 Å².